The van der Waals surface area contributed by atoms with Gasteiger partial charge in [-0.05, 0) is 43.8 Å². The van der Waals surface area contributed by atoms with E-state index >= 15 is 0 Å². The molecule has 0 radical (unpaired) electrons. The highest BCUT2D eigenvalue weighted by atomic mass is 14.7. The second kappa shape index (κ2) is 8.40. The predicted octanol–water partition coefficient (Wildman–Crippen LogP) is 5.46. The maximum Gasteiger partial charge on any atom is 0.0392 e. The summed E-state index contributed by atoms with van der Waals surface area (Å²) >= 11 is 0. The van der Waals surface area contributed by atoms with Crippen molar-refractivity contribution in [1.82, 2.24) is 4.98 Å². The van der Waals surface area contributed by atoms with Crippen LogP contribution in [0.2, 0.25) is 0 Å². The molecule has 0 aromatic carbocycles. The minimum absolute atomic E-state index is 0.0222. The summed E-state index contributed by atoms with van der Waals surface area (Å²) < 4.78 is 0. The van der Waals surface area contributed by atoms with Gasteiger partial charge in [-0.3, -0.25) is 0 Å². The lowest BCUT2D eigenvalue weighted by atomic mass is 9.68. The SMILES string of the molecule is C=C/C=C(\C=C/C)C(=c1\c(/C=C\C)c(CC(C)C)[nH]c1=C)/C1(C)C=CC1. The van der Waals surface area contributed by atoms with Crippen molar-refractivity contribution in [3.05, 3.63) is 76.5 Å². The zero-order valence-corrected chi connectivity index (χ0v) is 17.0. The molecule has 26 heavy (non-hydrogen) atoms. The predicted molar refractivity (Wildman–Crippen MR) is 117 cm³/mol. The second-order valence-corrected chi connectivity index (χ2v) is 7.73. The Morgan fingerprint density at radius 1 is 1.31 bits per heavy atom. The minimum atomic E-state index is 0.0222. The molecule has 1 nitrogen and oxygen atoms in total. The van der Waals surface area contributed by atoms with Crippen molar-refractivity contribution in [1.29, 1.82) is 0 Å². The van der Waals surface area contributed by atoms with Gasteiger partial charge in [0.2, 0.25) is 0 Å². The van der Waals surface area contributed by atoms with E-state index < -0.39 is 0 Å². The Hall–Kier alpha value is -2.28. The maximum absolute atomic E-state index is 4.38. The number of hydrogen-bond acceptors (Lipinski definition) is 0. The van der Waals surface area contributed by atoms with Crippen molar-refractivity contribution in [2.45, 2.75) is 47.5 Å². The first-order valence-corrected chi connectivity index (χ1v) is 9.58. The Labute approximate surface area is 158 Å². The summed E-state index contributed by atoms with van der Waals surface area (Å²) in [6.45, 7) is 19.3. The van der Waals surface area contributed by atoms with Gasteiger partial charge < -0.3 is 4.98 Å². The van der Waals surface area contributed by atoms with Gasteiger partial charge in [-0.15, -0.1) is 0 Å². The molecule has 1 atom stereocenters. The van der Waals surface area contributed by atoms with E-state index in [1.54, 1.807) is 0 Å². The van der Waals surface area contributed by atoms with E-state index in [-0.39, 0.29) is 5.41 Å². The van der Waals surface area contributed by atoms with Crippen molar-refractivity contribution < 1.29 is 0 Å². The summed E-state index contributed by atoms with van der Waals surface area (Å²) in [5, 5.41) is 2.25. The van der Waals surface area contributed by atoms with Gasteiger partial charge in [0.15, 0.2) is 0 Å². The van der Waals surface area contributed by atoms with E-state index in [1.165, 1.54) is 27.6 Å². The number of nitrogens with one attached hydrogen (secondary N) is 1. The van der Waals surface area contributed by atoms with Crippen molar-refractivity contribution in [3.63, 3.8) is 0 Å². The van der Waals surface area contributed by atoms with Gasteiger partial charge in [0.05, 0.1) is 0 Å². The largest absolute Gasteiger partial charge is 0.358 e. The van der Waals surface area contributed by atoms with E-state index in [9.17, 15) is 0 Å². The Balaban J connectivity index is 2.97. The topological polar surface area (TPSA) is 15.8 Å². The van der Waals surface area contributed by atoms with Gasteiger partial charge in [-0.25, -0.2) is 0 Å². The summed E-state index contributed by atoms with van der Waals surface area (Å²) in [4.78, 5) is 3.58. The molecule has 138 valence electrons. The van der Waals surface area contributed by atoms with Crippen LogP contribution in [0, 0.1) is 11.3 Å². The molecule has 0 saturated heterocycles. The number of hydrogen-bond donors (Lipinski definition) is 1. The Bertz CT molecular complexity index is 883. The molecular formula is C25H33N. The zero-order chi connectivity index (χ0) is 19.3. The molecule has 0 fully saturated rings. The Morgan fingerprint density at radius 3 is 2.46 bits per heavy atom. The molecule has 1 aromatic heterocycles. The van der Waals surface area contributed by atoms with Gasteiger partial charge in [-0.2, -0.15) is 0 Å². The highest BCUT2D eigenvalue weighted by Gasteiger charge is 2.33. The highest BCUT2D eigenvalue weighted by molar-refractivity contribution is 5.78. The molecule has 1 aromatic rings. The molecule has 1 aliphatic rings. The van der Waals surface area contributed by atoms with E-state index in [1.807, 2.05) is 6.08 Å². The minimum Gasteiger partial charge on any atom is -0.358 e. The van der Waals surface area contributed by atoms with Gasteiger partial charge in [-0.1, -0.05) is 82.5 Å². The average molecular weight is 348 g/mol. The molecule has 1 N–H and O–H groups in total. The van der Waals surface area contributed by atoms with Crippen molar-refractivity contribution in [2.75, 3.05) is 0 Å². The van der Waals surface area contributed by atoms with Crippen molar-refractivity contribution in [3.8, 4) is 0 Å². The third-order valence-electron chi connectivity index (χ3n) is 4.92. The maximum atomic E-state index is 4.38. The van der Waals surface area contributed by atoms with Crippen LogP contribution >= 0.6 is 0 Å². The fourth-order valence-electron chi connectivity index (χ4n) is 3.78. The van der Waals surface area contributed by atoms with Crippen LogP contribution in [0.5, 0.6) is 0 Å². The van der Waals surface area contributed by atoms with Crippen LogP contribution in [0.25, 0.3) is 18.2 Å². The summed E-state index contributed by atoms with van der Waals surface area (Å²) in [5.41, 5.74) is 5.12. The molecule has 1 heteroatoms. The lowest BCUT2D eigenvalue weighted by molar-refractivity contribution is 0.528. The average Bonchev–Trinajstić information content (AvgIpc) is 2.82. The van der Waals surface area contributed by atoms with Crippen LogP contribution in [0.15, 0.2) is 54.7 Å². The summed E-state index contributed by atoms with van der Waals surface area (Å²) in [5.74, 6) is 0.589. The molecule has 0 amide bonds. The zero-order valence-electron chi connectivity index (χ0n) is 17.0. The molecule has 0 spiro atoms. The van der Waals surface area contributed by atoms with Crippen LogP contribution in [0.1, 0.15) is 52.3 Å². The normalized spacial score (nSPS) is 21.7. The summed E-state index contributed by atoms with van der Waals surface area (Å²) in [7, 11) is 0. The van der Waals surface area contributed by atoms with Crippen LogP contribution < -0.4 is 10.6 Å². The Kier molecular flexibility index (Phi) is 6.47. The third-order valence-corrected chi connectivity index (χ3v) is 4.92. The molecule has 0 saturated carbocycles. The van der Waals surface area contributed by atoms with Gasteiger partial charge >= 0.3 is 0 Å². The van der Waals surface area contributed by atoms with Crippen LogP contribution in [0.3, 0.4) is 0 Å². The van der Waals surface area contributed by atoms with E-state index in [0.29, 0.717) is 5.92 Å². The highest BCUT2D eigenvalue weighted by Crippen LogP contribution is 2.44. The van der Waals surface area contributed by atoms with Crippen LogP contribution in [-0.2, 0) is 6.42 Å². The lowest BCUT2D eigenvalue weighted by Gasteiger charge is -2.35. The van der Waals surface area contributed by atoms with Crippen molar-refractivity contribution in [2.24, 2.45) is 11.3 Å². The van der Waals surface area contributed by atoms with Crippen molar-refractivity contribution >= 4 is 18.2 Å². The van der Waals surface area contributed by atoms with E-state index in [2.05, 4.69) is 95.3 Å². The van der Waals surface area contributed by atoms with Crippen LogP contribution in [-0.4, -0.2) is 4.98 Å². The van der Waals surface area contributed by atoms with Gasteiger partial charge in [0.1, 0.15) is 0 Å². The first kappa shape index (κ1) is 20.0. The number of rotatable bonds is 7. The molecule has 1 heterocycles. The molecule has 0 aliphatic heterocycles. The first-order valence-electron chi connectivity index (χ1n) is 9.58. The first-order chi connectivity index (χ1) is 12.4. The smallest absolute Gasteiger partial charge is 0.0392 e. The molecule has 1 aliphatic carbocycles. The number of H-pyrrole nitrogens is 1. The van der Waals surface area contributed by atoms with Gasteiger partial charge in [0.25, 0.3) is 0 Å². The summed E-state index contributed by atoms with van der Waals surface area (Å²) in [6.07, 6.45) is 19.3. The number of aromatic amines is 1. The fourth-order valence-corrected chi connectivity index (χ4v) is 3.78. The summed E-state index contributed by atoms with van der Waals surface area (Å²) in [6, 6.07) is 0. The lowest BCUT2D eigenvalue weighted by Crippen LogP contribution is -2.34. The quantitative estimate of drug-likeness (QED) is 0.498. The number of allylic oxidation sites excluding steroid dienone is 8. The molecule has 2 rings (SSSR count). The molecular weight excluding hydrogens is 314 g/mol. The van der Waals surface area contributed by atoms with E-state index in [4.69, 9.17) is 0 Å². The monoisotopic (exact) mass is 347 g/mol. The van der Waals surface area contributed by atoms with Crippen LogP contribution in [0.4, 0.5) is 0 Å². The standard InChI is InChI=1S/C25H33N/c1-8-12-20(13-9-2)24(25(7)15-11-16-25)23-19(6)26-22(17-18(4)5)21(23)14-10-3/h8-15,18,26H,1,6,16-17H2,2-5,7H3/b13-9-,14-10-,20-12+,24-23+. The van der Waals surface area contributed by atoms with Gasteiger partial charge in [0, 0.05) is 27.2 Å². The third kappa shape index (κ3) is 3.93. The Morgan fingerprint density at radius 2 is 2.00 bits per heavy atom. The number of aromatic nitrogens is 1. The second-order valence-electron chi connectivity index (χ2n) is 7.73. The molecule has 0 bridgehead atoms. The van der Waals surface area contributed by atoms with E-state index in [0.717, 1.165) is 18.2 Å². The molecule has 1 unspecified atom stereocenters. The fraction of sp³-hybridized carbons (Fsp3) is 0.360.